The van der Waals surface area contributed by atoms with Gasteiger partial charge in [0.15, 0.2) is 0 Å². The Labute approximate surface area is 199 Å². The highest BCUT2D eigenvalue weighted by atomic mass is 16.5. The number of aryl methyl sites for hydroxylation is 1. The van der Waals surface area contributed by atoms with Gasteiger partial charge in [-0.2, -0.15) is 0 Å². The van der Waals surface area contributed by atoms with Crippen LogP contribution in [0.5, 0.6) is 5.75 Å². The van der Waals surface area contributed by atoms with Crippen LogP contribution in [0.15, 0.2) is 84.6 Å². The minimum Gasteiger partial charge on any atom is -0.497 e. The van der Waals surface area contributed by atoms with Gasteiger partial charge in [-0.25, -0.2) is 4.90 Å². The number of benzene rings is 3. The van der Waals surface area contributed by atoms with E-state index in [1.165, 1.54) is 16.2 Å². The summed E-state index contributed by atoms with van der Waals surface area (Å²) in [5.74, 6) is 0.00117. The predicted molar refractivity (Wildman–Crippen MR) is 134 cm³/mol. The van der Waals surface area contributed by atoms with E-state index in [2.05, 4.69) is 41.0 Å². The molecule has 6 heteroatoms. The van der Waals surface area contributed by atoms with Crippen molar-refractivity contribution in [1.29, 1.82) is 0 Å². The molecule has 0 radical (unpaired) electrons. The first-order valence-corrected chi connectivity index (χ1v) is 11.5. The van der Waals surface area contributed by atoms with Crippen LogP contribution in [0.1, 0.15) is 11.1 Å². The minimum atomic E-state index is -0.305. The molecule has 34 heavy (non-hydrogen) atoms. The predicted octanol–water partition coefficient (Wildman–Crippen LogP) is 4.11. The molecule has 6 nitrogen and oxygen atoms in total. The van der Waals surface area contributed by atoms with Crippen molar-refractivity contribution in [2.45, 2.75) is 6.92 Å². The molecule has 0 aliphatic carbocycles. The van der Waals surface area contributed by atoms with Crippen LogP contribution in [-0.4, -0.2) is 50.0 Å². The summed E-state index contributed by atoms with van der Waals surface area (Å²) in [6.45, 7) is 4.95. The fourth-order valence-corrected chi connectivity index (χ4v) is 4.67. The van der Waals surface area contributed by atoms with Gasteiger partial charge in [-0.1, -0.05) is 48.5 Å². The van der Waals surface area contributed by atoms with Gasteiger partial charge in [0.1, 0.15) is 11.4 Å². The van der Waals surface area contributed by atoms with Crippen molar-refractivity contribution in [3.05, 3.63) is 95.7 Å². The lowest BCUT2D eigenvalue weighted by molar-refractivity contribution is -0.120. The molecule has 0 atom stereocenters. The first-order valence-electron chi connectivity index (χ1n) is 11.5. The fraction of sp³-hybridized carbons (Fsp3) is 0.214. The van der Waals surface area contributed by atoms with E-state index in [1.54, 1.807) is 31.4 Å². The molecule has 0 bridgehead atoms. The molecule has 1 fully saturated rings. The number of carbonyl (C=O) groups excluding carboxylic acids is 2. The number of hydrogen-bond donors (Lipinski definition) is 0. The second-order valence-corrected chi connectivity index (χ2v) is 8.55. The van der Waals surface area contributed by atoms with Gasteiger partial charge in [-0.05, 0) is 42.3 Å². The van der Waals surface area contributed by atoms with Gasteiger partial charge in [-0.3, -0.25) is 9.59 Å². The van der Waals surface area contributed by atoms with Crippen LogP contribution in [0.2, 0.25) is 0 Å². The number of methoxy groups -OCH3 is 1. The molecular formula is C28H27N3O3. The molecule has 172 valence electrons. The van der Waals surface area contributed by atoms with Crippen LogP contribution >= 0.6 is 0 Å². The zero-order chi connectivity index (χ0) is 23.7. The second-order valence-electron chi connectivity index (χ2n) is 8.55. The van der Waals surface area contributed by atoms with Crippen LogP contribution in [0, 0.1) is 6.92 Å². The van der Waals surface area contributed by atoms with Gasteiger partial charge in [0.05, 0.1) is 18.4 Å². The fourth-order valence-electron chi connectivity index (χ4n) is 4.67. The Kier molecular flexibility index (Phi) is 5.80. The minimum absolute atomic E-state index is 0.291. The molecule has 2 heterocycles. The van der Waals surface area contributed by atoms with E-state index in [1.807, 2.05) is 30.3 Å². The van der Waals surface area contributed by atoms with Crippen molar-refractivity contribution in [3.63, 3.8) is 0 Å². The summed E-state index contributed by atoms with van der Waals surface area (Å²) in [5.41, 5.74) is 4.60. The number of ether oxygens (including phenoxy) is 1. The number of carbonyl (C=O) groups is 2. The van der Waals surface area contributed by atoms with E-state index >= 15 is 0 Å². The molecule has 0 saturated carbocycles. The van der Waals surface area contributed by atoms with E-state index in [0.29, 0.717) is 35.8 Å². The molecule has 0 aromatic heterocycles. The SMILES string of the molecule is COc1cccc(N2C(=O)C(c3ccccc3)=C(N3CCN(c4cccc(C)c4)CC3)C2=O)c1. The Morgan fingerprint density at radius 1 is 0.706 bits per heavy atom. The highest BCUT2D eigenvalue weighted by molar-refractivity contribution is 6.45. The molecular weight excluding hydrogens is 426 g/mol. The van der Waals surface area contributed by atoms with E-state index in [4.69, 9.17) is 4.74 Å². The van der Waals surface area contributed by atoms with E-state index in [0.717, 1.165) is 18.7 Å². The number of piperazine rings is 1. The monoisotopic (exact) mass is 453 g/mol. The largest absolute Gasteiger partial charge is 0.497 e. The first kappa shape index (κ1) is 21.8. The molecule has 3 aromatic carbocycles. The quantitative estimate of drug-likeness (QED) is 0.544. The Hall–Kier alpha value is -4.06. The van der Waals surface area contributed by atoms with Gasteiger partial charge in [0.25, 0.3) is 11.8 Å². The second kappa shape index (κ2) is 9.06. The summed E-state index contributed by atoms with van der Waals surface area (Å²) in [4.78, 5) is 33.1. The third-order valence-electron chi connectivity index (χ3n) is 6.40. The van der Waals surface area contributed by atoms with Crippen molar-refractivity contribution in [2.75, 3.05) is 43.1 Å². The Bertz CT molecular complexity index is 1260. The average Bonchev–Trinajstić information content (AvgIpc) is 3.14. The maximum Gasteiger partial charge on any atom is 0.282 e. The van der Waals surface area contributed by atoms with Crippen LogP contribution in [0.25, 0.3) is 5.57 Å². The van der Waals surface area contributed by atoms with Crippen LogP contribution in [0.4, 0.5) is 11.4 Å². The number of nitrogens with zero attached hydrogens (tertiary/aromatic N) is 3. The number of imide groups is 1. The normalized spacial score (nSPS) is 16.5. The van der Waals surface area contributed by atoms with Gasteiger partial charge in [0, 0.05) is 37.9 Å². The first-order chi connectivity index (χ1) is 16.6. The summed E-state index contributed by atoms with van der Waals surface area (Å²) >= 11 is 0. The highest BCUT2D eigenvalue weighted by Crippen LogP contribution is 2.36. The van der Waals surface area contributed by atoms with E-state index in [9.17, 15) is 9.59 Å². The van der Waals surface area contributed by atoms with Gasteiger partial charge in [0.2, 0.25) is 0 Å². The Morgan fingerprint density at radius 2 is 1.38 bits per heavy atom. The lowest BCUT2D eigenvalue weighted by atomic mass is 10.0. The Balaban J connectivity index is 1.48. The maximum absolute atomic E-state index is 13.7. The molecule has 2 aliphatic rings. The molecule has 0 N–H and O–H groups in total. The van der Waals surface area contributed by atoms with Crippen molar-refractivity contribution >= 4 is 28.8 Å². The molecule has 2 aliphatic heterocycles. The zero-order valence-corrected chi connectivity index (χ0v) is 19.4. The van der Waals surface area contributed by atoms with Crippen LogP contribution in [-0.2, 0) is 9.59 Å². The number of amides is 2. The van der Waals surface area contributed by atoms with Crippen molar-refractivity contribution in [1.82, 2.24) is 4.90 Å². The average molecular weight is 454 g/mol. The molecule has 0 spiro atoms. The van der Waals surface area contributed by atoms with E-state index in [-0.39, 0.29) is 11.8 Å². The highest BCUT2D eigenvalue weighted by Gasteiger charge is 2.43. The summed E-state index contributed by atoms with van der Waals surface area (Å²) < 4.78 is 5.32. The van der Waals surface area contributed by atoms with E-state index < -0.39 is 0 Å². The molecule has 1 saturated heterocycles. The molecule has 5 rings (SSSR count). The smallest absolute Gasteiger partial charge is 0.282 e. The molecule has 0 unspecified atom stereocenters. The van der Waals surface area contributed by atoms with Gasteiger partial charge < -0.3 is 14.5 Å². The third kappa shape index (κ3) is 3.92. The Morgan fingerprint density at radius 3 is 2.09 bits per heavy atom. The van der Waals surface area contributed by atoms with Crippen LogP contribution < -0.4 is 14.5 Å². The van der Waals surface area contributed by atoms with Gasteiger partial charge in [-0.15, -0.1) is 0 Å². The van der Waals surface area contributed by atoms with Crippen molar-refractivity contribution < 1.29 is 14.3 Å². The standard InChI is InChI=1S/C28H27N3O3/c1-20-8-6-11-22(18-20)29-14-16-30(17-15-29)26-25(21-9-4-3-5-10-21)27(32)31(28(26)33)23-12-7-13-24(19-23)34-2/h3-13,18-19H,14-17H2,1-2H3. The zero-order valence-electron chi connectivity index (χ0n) is 19.4. The molecule has 2 amide bonds. The number of rotatable bonds is 5. The summed E-state index contributed by atoms with van der Waals surface area (Å²) in [6, 6.07) is 25.0. The number of hydrogen-bond acceptors (Lipinski definition) is 5. The molecule has 3 aromatic rings. The van der Waals surface area contributed by atoms with Crippen molar-refractivity contribution in [3.8, 4) is 5.75 Å². The lowest BCUT2D eigenvalue weighted by Crippen LogP contribution is -2.47. The maximum atomic E-state index is 13.7. The van der Waals surface area contributed by atoms with Crippen molar-refractivity contribution in [2.24, 2.45) is 0 Å². The summed E-state index contributed by atoms with van der Waals surface area (Å²) in [5, 5.41) is 0. The summed E-state index contributed by atoms with van der Waals surface area (Å²) in [6.07, 6.45) is 0. The van der Waals surface area contributed by atoms with Crippen LogP contribution in [0.3, 0.4) is 0 Å². The summed E-state index contributed by atoms with van der Waals surface area (Å²) in [7, 11) is 1.57. The lowest BCUT2D eigenvalue weighted by Gasteiger charge is -2.37. The third-order valence-corrected chi connectivity index (χ3v) is 6.40. The topological polar surface area (TPSA) is 53.1 Å². The number of anilines is 2. The van der Waals surface area contributed by atoms with Gasteiger partial charge >= 0.3 is 0 Å².